The van der Waals surface area contributed by atoms with Gasteiger partial charge in [-0.3, -0.25) is 14.9 Å². The van der Waals surface area contributed by atoms with Crippen LogP contribution in [-0.4, -0.2) is 47.1 Å². The molecule has 0 bridgehead atoms. The van der Waals surface area contributed by atoms with Crippen LogP contribution in [0.25, 0.3) is 0 Å². The van der Waals surface area contributed by atoms with Crippen LogP contribution in [0.2, 0.25) is 0 Å². The fourth-order valence-corrected chi connectivity index (χ4v) is 2.63. The zero-order valence-electron chi connectivity index (χ0n) is 13.2. The number of carbonyl (C=O) groups excluding carboxylic acids is 1. The number of piperidine rings is 1. The van der Waals surface area contributed by atoms with Crippen LogP contribution in [0.1, 0.15) is 18.4 Å². The van der Waals surface area contributed by atoms with Gasteiger partial charge in [0.25, 0.3) is 5.69 Å². The zero-order chi connectivity index (χ0) is 17.7. The van der Waals surface area contributed by atoms with Gasteiger partial charge in [0.1, 0.15) is 5.75 Å². The highest BCUT2D eigenvalue weighted by atomic mass is 16.6. The number of rotatable bonds is 5. The number of amides is 2. The number of nitro benzene ring substituents is 1. The van der Waals surface area contributed by atoms with E-state index < -0.39 is 16.8 Å². The smallest absolute Gasteiger partial charge is 0.317 e. The van der Waals surface area contributed by atoms with Crippen molar-refractivity contribution in [1.82, 2.24) is 10.2 Å². The standard InChI is InChI=1S/C15H19N3O6/c1-24-13-3-2-12(18(22)23)8-11(13)9-16-15(21)17-6-4-10(5-7-17)14(19)20/h2-3,8,10H,4-7,9H2,1H3,(H,16,21)(H,19,20). The van der Waals surface area contributed by atoms with Crippen molar-refractivity contribution >= 4 is 17.7 Å². The van der Waals surface area contributed by atoms with Crippen LogP contribution >= 0.6 is 0 Å². The number of benzene rings is 1. The van der Waals surface area contributed by atoms with Crippen LogP contribution in [0.4, 0.5) is 10.5 Å². The molecule has 9 nitrogen and oxygen atoms in total. The van der Waals surface area contributed by atoms with Crippen LogP contribution in [0.15, 0.2) is 18.2 Å². The molecule has 0 radical (unpaired) electrons. The lowest BCUT2D eigenvalue weighted by molar-refractivity contribution is -0.384. The van der Waals surface area contributed by atoms with Gasteiger partial charge in [-0.15, -0.1) is 0 Å². The van der Waals surface area contributed by atoms with Gasteiger partial charge in [0.15, 0.2) is 0 Å². The normalized spacial score (nSPS) is 15.0. The summed E-state index contributed by atoms with van der Waals surface area (Å²) >= 11 is 0. The number of carboxylic acids is 1. The van der Waals surface area contributed by atoms with Crippen molar-refractivity contribution in [2.75, 3.05) is 20.2 Å². The van der Waals surface area contributed by atoms with Crippen LogP contribution in [0.3, 0.4) is 0 Å². The Labute approximate surface area is 138 Å². The molecular weight excluding hydrogens is 318 g/mol. The first-order chi connectivity index (χ1) is 11.4. The van der Waals surface area contributed by atoms with E-state index in [-0.39, 0.29) is 18.3 Å². The van der Waals surface area contributed by atoms with Crippen LogP contribution in [0.5, 0.6) is 5.75 Å². The van der Waals surface area contributed by atoms with Crippen molar-refractivity contribution in [2.45, 2.75) is 19.4 Å². The largest absolute Gasteiger partial charge is 0.496 e. The predicted molar refractivity (Wildman–Crippen MR) is 83.8 cm³/mol. The van der Waals surface area contributed by atoms with Gasteiger partial charge in [-0.1, -0.05) is 0 Å². The molecule has 2 amide bonds. The van der Waals surface area contributed by atoms with Gasteiger partial charge in [-0.2, -0.15) is 0 Å². The average molecular weight is 337 g/mol. The molecule has 0 atom stereocenters. The molecule has 130 valence electrons. The topological polar surface area (TPSA) is 122 Å². The number of carboxylic acid groups (broad SMARTS) is 1. The zero-order valence-corrected chi connectivity index (χ0v) is 13.2. The van der Waals surface area contributed by atoms with Crippen molar-refractivity contribution < 1.29 is 24.4 Å². The molecule has 2 rings (SSSR count). The van der Waals surface area contributed by atoms with Crippen LogP contribution < -0.4 is 10.1 Å². The number of ether oxygens (including phenoxy) is 1. The lowest BCUT2D eigenvalue weighted by Crippen LogP contribution is -2.45. The number of aliphatic carboxylic acids is 1. The average Bonchev–Trinajstić information content (AvgIpc) is 2.59. The van der Waals surface area contributed by atoms with Gasteiger partial charge in [0.05, 0.1) is 18.0 Å². The third-order valence-electron chi connectivity index (χ3n) is 4.04. The molecule has 0 spiro atoms. The van der Waals surface area contributed by atoms with Crippen molar-refractivity contribution in [3.8, 4) is 5.75 Å². The number of non-ortho nitro benzene ring substituents is 1. The molecule has 24 heavy (non-hydrogen) atoms. The van der Waals surface area contributed by atoms with Crippen molar-refractivity contribution in [2.24, 2.45) is 5.92 Å². The highest BCUT2D eigenvalue weighted by Crippen LogP contribution is 2.24. The van der Waals surface area contributed by atoms with Gasteiger partial charge in [-0.05, 0) is 18.9 Å². The predicted octanol–water partition coefficient (Wildman–Crippen LogP) is 1.61. The van der Waals surface area contributed by atoms with Crippen molar-refractivity contribution in [3.63, 3.8) is 0 Å². The van der Waals surface area contributed by atoms with Crippen LogP contribution in [0, 0.1) is 16.0 Å². The van der Waals surface area contributed by atoms with E-state index in [4.69, 9.17) is 9.84 Å². The van der Waals surface area contributed by atoms with Crippen molar-refractivity contribution in [3.05, 3.63) is 33.9 Å². The molecule has 1 heterocycles. The first kappa shape index (κ1) is 17.5. The van der Waals surface area contributed by atoms with E-state index in [1.165, 1.54) is 25.3 Å². The summed E-state index contributed by atoms with van der Waals surface area (Å²) in [5, 5.41) is 22.5. The maximum absolute atomic E-state index is 12.2. The van der Waals surface area contributed by atoms with Gasteiger partial charge in [0, 0.05) is 37.3 Å². The monoisotopic (exact) mass is 337 g/mol. The first-order valence-electron chi connectivity index (χ1n) is 7.49. The Morgan fingerprint density at radius 1 is 1.42 bits per heavy atom. The number of hydrogen-bond acceptors (Lipinski definition) is 5. The summed E-state index contributed by atoms with van der Waals surface area (Å²) in [5.74, 6) is -0.798. The number of nitro groups is 1. The Hall–Kier alpha value is -2.84. The minimum Gasteiger partial charge on any atom is -0.496 e. The Kier molecular flexibility index (Phi) is 5.56. The second kappa shape index (κ2) is 7.62. The minimum absolute atomic E-state index is 0.0812. The second-order valence-electron chi connectivity index (χ2n) is 5.51. The third kappa shape index (κ3) is 4.12. The Bertz CT molecular complexity index is 640. The van der Waals surface area contributed by atoms with E-state index in [1.54, 1.807) is 4.90 Å². The number of hydrogen-bond donors (Lipinski definition) is 2. The summed E-state index contributed by atoms with van der Waals surface area (Å²) in [5.41, 5.74) is 0.419. The molecule has 1 aromatic rings. The summed E-state index contributed by atoms with van der Waals surface area (Å²) in [7, 11) is 1.45. The number of nitrogens with zero attached hydrogens (tertiary/aromatic N) is 2. The van der Waals surface area contributed by atoms with E-state index in [1.807, 2.05) is 0 Å². The van der Waals surface area contributed by atoms with Gasteiger partial charge in [-0.25, -0.2) is 4.79 Å². The van der Waals surface area contributed by atoms with E-state index in [0.717, 1.165) is 0 Å². The highest BCUT2D eigenvalue weighted by Gasteiger charge is 2.27. The molecule has 0 aliphatic carbocycles. The SMILES string of the molecule is COc1ccc([N+](=O)[O-])cc1CNC(=O)N1CCC(C(=O)O)CC1. The molecule has 1 aliphatic rings. The van der Waals surface area contributed by atoms with E-state index in [0.29, 0.717) is 37.2 Å². The lowest BCUT2D eigenvalue weighted by atomic mass is 9.97. The molecule has 1 saturated heterocycles. The summed E-state index contributed by atoms with van der Waals surface area (Å²) < 4.78 is 5.15. The summed E-state index contributed by atoms with van der Waals surface area (Å²) in [4.78, 5) is 34.9. The fourth-order valence-electron chi connectivity index (χ4n) is 2.63. The molecule has 0 saturated carbocycles. The van der Waals surface area contributed by atoms with Crippen LogP contribution in [-0.2, 0) is 11.3 Å². The molecule has 0 unspecified atom stereocenters. The van der Waals surface area contributed by atoms with E-state index in [2.05, 4.69) is 5.32 Å². The number of carbonyl (C=O) groups is 2. The summed E-state index contributed by atoms with van der Waals surface area (Å²) in [6, 6.07) is 3.85. The molecule has 9 heteroatoms. The van der Waals surface area contributed by atoms with Crippen molar-refractivity contribution in [1.29, 1.82) is 0 Å². The first-order valence-corrected chi connectivity index (χ1v) is 7.49. The third-order valence-corrected chi connectivity index (χ3v) is 4.04. The number of likely N-dealkylation sites (tertiary alicyclic amines) is 1. The quantitative estimate of drug-likeness (QED) is 0.622. The molecule has 1 fully saturated rings. The molecule has 1 aromatic carbocycles. The van der Waals surface area contributed by atoms with E-state index >= 15 is 0 Å². The number of urea groups is 1. The number of methoxy groups -OCH3 is 1. The van der Waals surface area contributed by atoms with Gasteiger partial charge < -0.3 is 20.1 Å². The van der Waals surface area contributed by atoms with Gasteiger partial charge >= 0.3 is 12.0 Å². The summed E-state index contributed by atoms with van der Waals surface area (Å²) in [6.07, 6.45) is 0.839. The van der Waals surface area contributed by atoms with Gasteiger partial charge in [0.2, 0.25) is 0 Å². The molecule has 1 aliphatic heterocycles. The highest BCUT2D eigenvalue weighted by molar-refractivity contribution is 5.75. The Morgan fingerprint density at radius 3 is 2.62 bits per heavy atom. The Balaban J connectivity index is 1.95. The molecular formula is C15H19N3O6. The Morgan fingerprint density at radius 2 is 2.08 bits per heavy atom. The lowest BCUT2D eigenvalue weighted by Gasteiger charge is -2.30. The summed E-state index contributed by atoms with van der Waals surface area (Å²) in [6.45, 7) is 0.826. The minimum atomic E-state index is -0.837. The maximum Gasteiger partial charge on any atom is 0.317 e. The number of nitrogens with one attached hydrogen (secondary N) is 1. The molecule has 0 aromatic heterocycles. The second-order valence-corrected chi connectivity index (χ2v) is 5.51. The van der Waals surface area contributed by atoms with E-state index in [9.17, 15) is 19.7 Å². The fraction of sp³-hybridized carbons (Fsp3) is 0.467. The molecule has 2 N–H and O–H groups in total. The maximum atomic E-state index is 12.2.